The molecule has 0 aliphatic carbocycles. The first kappa shape index (κ1) is 16.4. The third-order valence-corrected chi connectivity index (χ3v) is 4.25. The lowest BCUT2D eigenvalue weighted by Crippen LogP contribution is -2.38. The number of hydrogen-bond acceptors (Lipinski definition) is 2. The fourth-order valence-electron chi connectivity index (χ4n) is 2.92. The van der Waals surface area contributed by atoms with Crippen LogP contribution in [-0.2, 0) is 4.79 Å². The molecule has 1 fully saturated rings. The molecule has 1 amide bonds. The fourth-order valence-corrected chi connectivity index (χ4v) is 2.92. The van der Waals surface area contributed by atoms with Crippen molar-refractivity contribution < 1.29 is 18.0 Å². The predicted octanol–water partition coefficient (Wildman–Crippen LogP) is 3.96. The standard InChI is InChI=1S/C18H17F3N2O/c19-13-5-6-16(15(21)11-13)22-18(24)12-7-9-23(10-8-12)17-4-2-1-3-14(17)20/h1-6,11-12H,7-10H2,(H,22,24). The Bertz CT molecular complexity index is 743. The maximum Gasteiger partial charge on any atom is 0.227 e. The summed E-state index contributed by atoms with van der Waals surface area (Å²) in [4.78, 5) is 14.2. The average Bonchev–Trinajstić information content (AvgIpc) is 2.58. The van der Waals surface area contributed by atoms with Gasteiger partial charge in [-0.25, -0.2) is 13.2 Å². The molecule has 0 saturated carbocycles. The number of rotatable bonds is 3. The molecule has 2 aromatic carbocycles. The topological polar surface area (TPSA) is 32.3 Å². The Kier molecular flexibility index (Phi) is 4.74. The first-order chi connectivity index (χ1) is 11.5. The van der Waals surface area contributed by atoms with Gasteiger partial charge in [0.2, 0.25) is 5.91 Å². The van der Waals surface area contributed by atoms with Gasteiger partial charge in [-0.05, 0) is 37.1 Å². The summed E-state index contributed by atoms with van der Waals surface area (Å²) in [5.74, 6) is -2.35. The van der Waals surface area contributed by atoms with Gasteiger partial charge in [0.25, 0.3) is 0 Å². The minimum Gasteiger partial charge on any atom is -0.369 e. The lowest BCUT2D eigenvalue weighted by molar-refractivity contribution is -0.120. The maximum absolute atomic E-state index is 13.8. The van der Waals surface area contributed by atoms with Gasteiger partial charge in [0, 0.05) is 25.1 Å². The molecule has 3 nitrogen and oxygen atoms in total. The van der Waals surface area contributed by atoms with Crippen LogP contribution in [0.25, 0.3) is 0 Å². The molecular weight excluding hydrogens is 317 g/mol. The fraction of sp³-hybridized carbons (Fsp3) is 0.278. The van der Waals surface area contributed by atoms with Gasteiger partial charge in [-0.1, -0.05) is 12.1 Å². The lowest BCUT2D eigenvalue weighted by atomic mass is 9.95. The molecule has 1 aliphatic heterocycles. The summed E-state index contributed by atoms with van der Waals surface area (Å²) >= 11 is 0. The van der Waals surface area contributed by atoms with Crippen LogP contribution < -0.4 is 10.2 Å². The van der Waals surface area contributed by atoms with Crippen LogP contribution in [0, 0.1) is 23.4 Å². The minimum atomic E-state index is -0.799. The molecule has 24 heavy (non-hydrogen) atoms. The molecule has 0 radical (unpaired) electrons. The van der Waals surface area contributed by atoms with Crippen molar-refractivity contribution in [1.82, 2.24) is 0 Å². The highest BCUT2D eigenvalue weighted by molar-refractivity contribution is 5.92. The Morgan fingerprint density at radius 2 is 1.71 bits per heavy atom. The number of nitrogens with one attached hydrogen (secondary N) is 1. The van der Waals surface area contributed by atoms with Gasteiger partial charge in [0.1, 0.15) is 17.5 Å². The molecule has 1 aliphatic rings. The number of benzene rings is 2. The summed E-state index contributed by atoms with van der Waals surface area (Å²) in [5, 5.41) is 2.50. The van der Waals surface area contributed by atoms with E-state index in [9.17, 15) is 18.0 Å². The van der Waals surface area contributed by atoms with E-state index < -0.39 is 11.6 Å². The van der Waals surface area contributed by atoms with E-state index in [2.05, 4.69) is 5.32 Å². The van der Waals surface area contributed by atoms with E-state index in [-0.39, 0.29) is 23.3 Å². The zero-order valence-corrected chi connectivity index (χ0v) is 12.9. The zero-order chi connectivity index (χ0) is 17.1. The van der Waals surface area contributed by atoms with Crippen molar-refractivity contribution in [2.45, 2.75) is 12.8 Å². The molecule has 1 N–H and O–H groups in total. The van der Waals surface area contributed by atoms with E-state index in [0.717, 1.165) is 12.1 Å². The summed E-state index contributed by atoms with van der Waals surface area (Å²) in [6, 6.07) is 9.56. The Labute approximate surface area is 138 Å². The average molecular weight is 334 g/mol. The van der Waals surface area contributed by atoms with Crippen molar-refractivity contribution in [3.63, 3.8) is 0 Å². The van der Waals surface area contributed by atoms with Crippen molar-refractivity contribution in [2.24, 2.45) is 5.92 Å². The summed E-state index contributed by atoms with van der Waals surface area (Å²) in [7, 11) is 0. The Morgan fingerprint density at radius 1 is 1.00 bits per heavy atom. The lowest BCUT2D eigenvalue weighted by Gasteiger charge is -2.33. The highest BCUT2D eigenvalue weighted by atomic mass is 19.1. The van der Waals surface area contributed by atoms with Crippen LogP contribution in [0.2, 0.25) is 0 Å². The number of carbonyl (C=O) groups is 1. The normalized spacial score (nSPS) is 15.4. The van der Waals surface area contributed by atoms with Crippen LogP contribution in [0.5, 0.6) is 0 Å². The number of hydrogen-bond donors (Lipinski definition) is 1. The molecule has 2 aromatic rings. The van der Waals surface area contributed by atoms with Crippen LogP contribution in [0.15, 0.2) is 42.5 Å². The predicted molar refractivity (Wildman–Crippen MR) is 86.3 cm³/mol. The van der Waals surface area contributed by atoms with Crippen molar-refractivity contribution in [1.29, 1.82) is 0 Å². The SMILES string of the molecule is O=C(Nc1ccc(F)cc1F)C1CCN(c2ccccc2F)CC1. The molecule has 0 atom stereocenters. The summed E-state index contributed by atoms with van der Waals surface area (Å²) in [5.41, 5.74) is 0.499. The molecule has 0 aromatic heterocycles. The molecule has 0 bridgehead atoms. The minimum absolute atomic E-state index is 0.0297. The van der Waals surface area contributed by atoms with E-state index >= 15 is 0 Å². The van der Waals surface area contributed by atoms with Crippen LogP contribution >= 0.6 is 0 Å². The molecule has 0 spiro atoms. The van der Waals surface area contributed by atoms with Gasteiger partial charge in [0.15, 0.2) is 0 Å². The summed E-state index contributed by atoms with van der Waals surface area (Å²) in [6.45, 7) is 1.09. The van der Waals surface area contributed by atoms with E-state index in [1.165, 1.54) is 12.1 Å². The van der Waals surface area contributed by atoms with E-state index in [1.807, 2.05) is 4.90 Å². The first-order valence-corrected chi connectivity index (χ1v) is 7.80. The maximum atomic E-state index is 13.8. The van der Waals surface area contributed by atoms with E-state index in [1.54, 1.807) is 18.2 Å². The van der Waals surface area contributed by atoms with Crippen LogP contribution in [0.3, 0.4) is 0 Å². The summed E-state index contributed by atoms with van der Waals surface area (Å²) in [6.07, 6.45) is 1.09. The van der Waals surface area contributed by atoms with Crippen molar-refractivity contribution >= 4 is 17.3 Å². The first-order valence-electron chi connectivity index (χ1n) is 7.80. The van der Waals surface area contributed by atoms with Crippen LogP contribution in [0.4, 0.5) is 24.5 Å². The molecule has 1 heterocycles. The highest BCUT2D eigenvalue weighted by Gasteiger charge is 2.26. The second-order valence-electron chi connectivity index (χ2n) is 5.83. The zero-order valence-electron chi connectivity index (χ0n) is 12.9. The van der Waals surface area contributed by atoms with E-state index in [4.69, 9.17) is 0 Å². The van der Waals surface area contributed by atoms with Gasteiger partial charge in [0.05, 0.1) is 11.4 Å². The number of para-hydroxylation sites is 1. The Balaban J connectivity index is 1.60. The number of halogens is 3. The number of piperidine rings is 1. The smallest absolute Gasteiger partial charge is 0.227 e. The second kappa shape index (κ2) is 6.95. The number of anilines is 2. The van der Waals surface area contributed by atoms with Crippen molar-refractivity contribution in [3.05, 3.63) is 59.9 Å². The third-order valence-electron chi connectivity index (χ3n) is 4.25. The van der Waals surface area contributed by atoms with Gasteiger partial charge in [-0.15, -0.1) is 0 Å². The monoisotopic (exact) mass is 334 g/mol. The highest BCUT2D eigenvalue weighted by Crippen LogP contribution is 2.26. The Morgan fingerprint density at radius 3 is 2.38 bits per heavy atom. The largest absolute Gasteiger partial charge is 0.369 e. The molecule has 126 valence electrons. The van der Waals surface area contributed by atoms with Gasteiger partial charge in [-0.3, -0.25) is 4.79 Å². The van der Waals surface area contributed by atoms with Gasteiger partial charge >= 0.3 is 0 Å². The van der Waals surface area contributed by atoms with Crippen LogP contribution in [-0.4, -0.2) is 19.0 Å². The summed E-state index contributed by atoms with van der Waals surface area (Å²) < 4.78 is 40.3. The van der Waals surface area contributed by atoms with Gasteiger partial charge < -0.3 is 10.2 Å². The molecule has 3 rings (SSSR count). The number of amides is 1. The Hall–Kier alpha value is -2.50. The van der Waals surface area contributed by atoms with Crippen molar-refractivity contribution in [3.8, 4) is 0 Å². The van der Waals surface area contributed by atoms with Gasteiger partial charge in [-0.2, -0.15) is 0 Å². The molecule has 6 heteroatoms. The number of carbonyl (C=O) groups excluding carboxylic acids is 1. The number of nitrogens with zero attached hydrogens (tertiary/aromatic N) is 1. The third kappa shape index (κ3) is 3.53. The van der Waals surface area contributed by atoms with E-state index in [0.29, 0.717) is 31.6 Å². The molecule has 1 saturated heterocycles. The quantitative estimate of drug-likeness (QED) is 0.921. The molecular formula is C18H17F3N2O. The van der Waals surface area contributed by atoms with Crippen molar-refractivity contribution in [2.75, 3.05) is 23.3 Å². The molecule has 0 unspecified atom stereocenters. The van der Waals surface area contributed by atoms with Crippen LogP contribution in [0.1, 0.15) is 12.8 Å². The second-order valence-corrected chi connectivity index (χ2v) is 5.83.